The van der Waals surface area contributed by atoms with E-state index >= 15 is 0 Å². The summed E-state index contributed by atoms with van der Waals surface area (Å²) >= 11 is 0. The fourth-order valence-electron chi connectivity index (χ4n) is 3.15. The van der Waals surface area contributed by atoms with Gasteiger partial charge in [-0.2, -0.15) is 0 Å². The zero-order valence-corrected chi connectivity index (χ0v) is 19.3. The molecule has 3 rings (SSSR count). The molecular formula is C26H28N2O7. The van der Waals surface area contributed by atoms with Gasteiger partial charge in [0.1, 0.15) is 11.8 Å². The van der Waals surface area contributed by atoms with Gasteiger partial charge in [0.25, 0.3) is 0 Å². The number of aliphatic hydroxyl groups is 1. The van der Waals surface area contributed by atoms with Gasteiger partial charge in [0.05, 0.1) is 18.9 Å². The Hall–Kier alpha value is -4.21. The van der Waals surface area contributed by atoms with Crippen LogP contribution in [0.15, 0.2) is 78.9 Å². The Morgan fingerprint density at radius 3 is 1.91 bits per heavy atom. The number of carbonyl (C=O) groups is 3. The molecule has 0 heterocycles. The Kier molecular flexibility index (Phi) is 10.4. The molecule has 9 heteroatoms. The summed E-state index contributed by atoms with van der Waals surface area (Å²) in [5, 5.41) is 31.4. The van der Waals surface area contributed by atoms with Crippen LogP contribution in [0.1, 0.15) is 28.8 Å². The SMILES string of the molecule is COc1ccc(C)cc1NC(=O)C(NCC(O)c1ccccc1)c1ccccc1.O=C(O)C(=O)O. The fraction of sp³-hybridized carbons (Fsp3) is 0.192. The van der Waals surface area contributed by atoms with Crippen molar-refractivity contribution in [3.05, 3.63) is 95.6 Å². The van der Waals surface area contributed by atoms with E-state index < -0.39 is 24.1 Å². The number of hydrogen-bond acceptors (Lipinski definition) is 6. The van der Waals surface area contributed by atoms with Crippen molar-refractivity contribution < 1.29 is 34.4 Å². The molecule has 2 atom stereocenters. The van der Waals surface area contributed by atoms with Crippen LogP contribution in [0.3, 0.4) is 0 Å². The number of hydrogen-bond donors (Lipinski definition) is 5. The van der Waals surface area contributed by atoms with Gasteiger partial charge in [-0.05, 0) is 35.7 Å². The summed E-state index contributed by atoms with van der Waals surface area (Å²) < 4.78 is 5.37. The standard InChI is InChI=1S/C24H26N2O3.C2H2O4/c1-17-13-14-22(29-2)20(15-17)26-24(28)23(19-11-7-4-8-12-19)25-16-21(27)18-9-5-3-6-10-18;3-1(4)2(5)6/h3-15,21,23,25,27H,16H2,1-2H3,(H,26,28);(H,3,4)(H,5,6). The van der Waals surface area contributed by atoms with Gasteiger partial charge in [-0.1, -0.05) is 66.7 Å². The monoisotopic (exact) mass is 480 g/mol. The van der Waals surface area contributed by atoms with Gasteiger partial charge in [-0.15, -0.1) is 0 Å². The fourth-order valence-corrected chi connectivity index (χ4v) is 3.15. The molecule has 0 aliphatic rings. The molecule has 0 aliphatic carbocycles. The molecule has 3 aromatic carbocycles. The number of carboxylic acids is 2. The van der Waals surface area contributed by atoms with Crippen molar-refractivity contribution in [2.75, 3.05) is 19.0 Å². The molecule has 0 saturated heterocycles. The predicted octanol–water partition coefficient (Wildman–Crippen LogP) is 3.16. The summed E-state index contributed by atoms with van der Waals surface area (Å²) in [6.45, 7) is 2.19. The maximum absolute atomic E-state index is 13.1. The van der Waals surface area contributed by atoms with Crippen LogP contribution in [0.2, 0.25) is 0 Å². The molecular weight excluding hydrogens is 452 g/mol. The van der Waals surface area contributed by atoms with Crippen molar-refractivity contribution in [2.24, 2.45) is 0 Å². The Labute approximate surface area is 203 Å². The third-order valence-corrected chi connectivity index (χ3v) is 4.89. The second kappa shape index (κ2) is 13.5. The Bertz CT molecular complexity index is 1110. The maximum atomic E-state index is 13.1. The summed E-state index contributed by atoms with van der Waals surface area (Å²) in [7, 11) is 1.57. The Morgan fingerprint density at radius 2 is 1.40 bits per heavy atom. The predicted molar refractivity (Wildman–Crippen MR) is 130 cm³/mol. The second-order valence-corrected chi connectivity index (χ2v) is 7.48. The van der Waals surface area contributed by atoms with Crippen molar-refractivity contribution in [1.82, 2.24) is 5.32 Å². The lowest BCUT2D eigenvalue weighted by Crippen LogP contribution is -2.35. The first-order chi connectivity index (χ1) is 16.7. The van der Waals surface area contributed by atoms with Crippen LogP contribution in [-0.4, -0.2) is 46.8 Å². The van der Waals surface area contributed by atoms with E-state index in [1.807, 2.05) is 85.8 Å². The van der Waals surface area contributed by atoms with E-state index in [9.17, 15) is 9.90 Å². The number of nitrogens with one attached hydrogen (secondary N) is 2. The van der Waals surface area contributed by atoms with E-state index in [1.165, 1.54) is 0 Å². The van der Waals surface area contributed by atoms with Crippen molar-refractivity contribution in [3.8, 4) is 5.75 Å². The number of aliphatic carboxylic acids is 2. The molecule has 5 N–H and O–H groups in total. The molecule has 1 amide bonds. The highest BCUT2D eigenvalue weighted by atomic mass is 16.5. The zero-order chi connectivity index (χ0) is 25.8. The second-order valence-electron chi connectivity index (χ2n) is 7.48. The van der Waals surface area contributed by atoms with Crippen LogP contribution in [0, 0.1) is 6.92 Å². The third kappa shape index (κ3) is 8.58. The molecule has 0 spiro atoms. The number of aliphatic hydroxyl groups excluding tert-OH is 1. The minimum Gasteiger partial charge on any atom is -0.495 e. The van der Waals surface area contributed by atoms with E-state index in [1.54, 1.807) is 7.11 Å². The Morgan fingerprint density at radius 1 is 0.857 bits per heavy atom. The summed E-state index contributed by atoms with van der Waals surface area (Å²) in [5.74, 6) is -3.27. The van der Waals surface area contributed by atoms with E-state index in [-0.39, 0.29) is 12.5 Å². The highest BCUT2D eigenvalue weighted by molar-refractivity contribution is 6.27. The number of aryl methyl sites for hydroxylation is 1. The first-order valence-electron chi connectivity index (χ1n) is 10.7. The van der Waals surface area contributed by atoms with Crippen LogP contribution in [0.5, 0.6) is 5.75 Å². The normalized spacial score (nSPS) is 11.9. The quantitative estimate of drug-likeness (QED) is 0.309. The van der Waals surface area contributed by atoms with Crippen molar-refractivity contribution in [3.63, 3.8) is 0 Å². The molecule has 0 radical (unpaired) electrons. The van der Waals surface area contributed by atoms with Gasteiger partial charge in [-0.3, -0.25) is 10.1 Å². The smallest absolute Gasteiger partial charge is 0.414 e. The van der Waals surface area contributed by atoms with Gasteiger partial charge in [0.2, 0.25) is 5.91 Å². The van der Waals surface area contributed by atoms with Gasteiger partial charge in [-0.25, -0.2) is 9.59 Å². The Balaban J connectivity index is 0.000000641. The topological polar surface area (TPSA) is 145 Å². The lowest BCUT2D eigenvalue weighted by molar-refractivity contribution is -0.159. The van der Waals surface area contributed by atoms with Crippen LogP contribution < -0.4 is 15.4 Å². The molecule has 2 unspecified atom stereocenters. The van der Waals surface area contributed by atoms with Crippen LogP contribution >= 0.6 is 0 Å². The first kappa shape index (κ1) is 27.0. The average Bonchev–Trinajstić information content (AvgIpc) is 2.85. The van der Waals surface area contributed by atoms with Gasteiger partial charge in [0.15, 0.2) is 0 Å². The number of methoxy groups -OCH3 is 1. The van der Waals surface area contributed by atoms with Crippen LogP contribution in [-0.2, 0) is 14.4 Å². The van der Waals surface area contributed by atoms with E-state index in [0.717, 1.165) is 16.7 Å². The highest BCUT2D eigenvalue weighted by Crippen LogP contribution is 2.27. The summed E-state index contributed by atoms with van der Waals surface area (Å²) in [6, 6.07) is 23.8. The maximum Gasteiger partial charge on any atom is 0.414 e. The number of anilines is 1. The first-order valence-corrected chi connectivity index (χ1v) is 10.7. The number of amides is 1. The molecule has 0 fully saturated rings. The lowest BCUT2D eigenvalue weighted by Gasteiger charge is -2.22. The summed E-state index contributed by atoms with van der Waals surface area (Å²) in [6.07, 6.45) is -0.719. The highest BCUT2D eigenvalue weighted by Gasteiger charge is 2.22. The molecule has 184 valence electrons. The average molecular weight is 481 g/mol. The summed E-state index contributed by atoms with van der Waals surface area (Å²) in [5.41, 5.74) is 3.25. The lowest BCUT2D eigenvalue weighted by atomic mass is 10.0. The van der Waals surface area contributed by atoms with Crippen molar-refractivity contribution >= 4 is 23.5 Å². The van der Waals surface area contributed by atoms with Crippen molar-refractivity contribution in [1.29, 1.82) is 0 Å². The number of ether oxygens (including phenoxy) is 1. The molecule has 9 nitrogen and oxygen atoms in total. The minimum atomic E-state index is -1.82. The molecule has 35 heavy (non-hydrogen) atoms. The number of carbonyl (C=O) groups excluding carboxylic acids is 1. The molecule has 0 saturated carbocycles. The van der Waals surface area contributed by atoms with Gasteiger partial charge in [0, 0.05) is 6.54 Å². The molecule has 0 bridgehead atoms. The molecule has 0 aromatic heterocycles. The van der Waals surface area contributed by atoms with Gasteiger partial charge >= 0.3 is 11.9 Å². The minimum absolute atomic E-state index is 0.222. The van der Waals surface area contributed by atoms with Crippen molar-refractivity contribution in [2.45, 2.75) is 19.1 Å². The number of rotatable bonds is 8. The van der Waals surface area contributed by atoms with Crippen LogP contribution in [0.25, 0.3) is 0 Å². The van der Waals surface area contributed by atoms with E-state index in [2.05, 4.69) is 10.6 Å². The van der Waals surface area contributed by atoms with E-state index in [4.69, 9.17) is 24.5 Å². The molecule has 3 aromatic rings. The third-order valence-electron chi connectivity index (χ3n) is 4.89. The zero-order valence-electron chi connectivity index (χ0n) is 19.3. The van der Waals surface area contributed by atoms with E-state index in [0.29, 0.717) is 11.4 Å². The number of carboxylic acid groups (broad SMARTS) is 2. The summed E-state index contributed by atoms with van der Waals surface area (Å²) in [4.78, 5) is 31.3. The molecule has 0 aliphatic heterocycles. The van der Waals surface area contributed by atoms with Gasteiger partial charge < -0.3 is 25.4 Å². The number of benzene rings is 3. The van der Waals surface area contributed by atoms with Crippen LogP contribution in [0.4, 0.5) is 5.69 Å². The largest absolute Gasteiger partial charge is 0.495 e.